The Bertz CT molecular complexity index is 252. The highest BCUT2D eigenvalue weighted by Gasteiger charge is 1.98. The molecule has 3 nitrogen and oxygen atoms in total. The molecule has 12 heavy (non-hydrogen) atoms. The Balaban J connectivity index is 2.52. The second kappa shape index (κ2) is 4.48. The van der Waals surface area contributed by atoms with Gasteiger partial charge in [0.05, 0.1) is 0 Å². The van der Waals surface area contributed by atoms with E-state index in [9.17, 15) is 0 Å². The number of alkyl halides is 2. The van der Waals surface area contributed by atoms with Crippen LogP contribution in [-0.4, -0.2) is 21.3 Å². The van der Waals surface area contributed by atoms with Crippen LogP contribution in [0.2, 0.25) is 0 Å². The van der Waals surface area contributed by atoms with Crippen molar-refractivity contribution in [2.45, 2.75) is 11.8 Å². The van der Waals surface area contributed by atoms with Crippen LogP contribution < -0.4 is 5.32 Å². The molecule has 0 aromatic carbocycles. The van der Waals surface area contributed by atoms with Crippen molar-refractivity contribution in [3.63, 3.8) is 0 Å². The van der Waals surface area contributed by atoms with Crippen molar-refractivity contribution >= 4 is 29.0 Å². The maximum Gasteiger partial charge on any atom is 0.129 e. The fraction of sp³-hybridized carbons (Fsp3) is 0.429. The van der Waals surface area contributed by atoms with Gasteiger partial charge in [-0.2, -0.15) is 0 Å². The van der Waals surface area contributed by atoms with E-state index < -0.39 is 4.84 Å². The van der Waals surface area contributed by atoms with Crippen molar-refractivity contribution in [3.05, 3.63) is 18.1 Å². The largest absolute Gasteiger partial charge is 0.367 e. The van der Waals surface area contributed by atoms with Gasteiger partial charge in [0, 0.05) is 12.7 Å². The number of nitrogens with one attached hydrogen (secondary N) is 1. The molecule has 0 saturated heterocycles. The molecule has 0 saturated carbocycles. The molecule has 0 aliphatic rings. The zero-order chi connectivity index (χ0) is 8.97. The predicted octanol–water partition coefficient (Wildman–Crippen LogP) is 2.00. The van der Waals surface area contributed by atoms with E-state index in [1.165, 1.54) is 0 Å². The molecule has 1 aromatic rings. The zero-order valence-corrected chi connectivity index (χ0v) is 8.10. The molecular formula is C7H9Cl2N3. The van der Waals surface area contributed by atoms with E-state index >= 15 is 0 Å². The van der Waals surface area contributed by atoms with E-state index in [0.717, 1.165) is 11.6 Å². The van der Waals surface area contributed by atoms with Crippen LogP contribution in [0.15, 0.2) is 12.3 Å². The molecule has 0 aliphatic heterocycles. The van der Waals surface area contributed by atoms with Crippen molar-refractivity contribution in [2.24, 2.45) is 0 Å². The molecule has 0 unspecified atom stereocenters. The van der Waals surface area contributed by atoms with Gasteiger partial charge in [-0.25, -0.2) is 9.97 Å². The van der Waals surface area contributed by atoms with Crippen molar-refractivity contribution in [2.75, 3.05) is 11.9 Å². The van der Waals surface area contributed by atoms with Gasteiger partial charge < -0.3 is 5.32 Å². The molecular weight excluding hydrogens is 197 g/mol. The van der Waals surface area contributed by atoms with E-state index in [1.54, 1.807) is 12.3 Å². The van der Waals surface area contributed by atoms with Crippen LogP contribution in [-0.2, 0) is 0 Å². The summed E-state index contributed by atoms with van der Waals surface area (Å²) in [4.78, 5) is 7.64. The summed E-state index contributed by atoms with van der Waals surface area (Å²) in [5.41, 5.74) is 0. The highest BCUT2D eigenvalue weighted by molar-refractivity contribution is 6.44. The van der Waals surface area contributed by atoms with Crippen LogP contribution in [0.5, 0.6) is 0 Å². The van der Waals surface area contributed by atoms with Gasteiger partial charge in [0.2, 0.25) is 0 Å². The maximum atomic E-state index is 5.53. The maximum absolute atomic E-state index is 5.53. The van der Waals surface area contributed by atoms with E-state index in [1.807, 2.05) is 6.92 Å². The van der Waals surface area contributed by atoms with E-state index in [-0.39, 0.29) is 0 Å². The van der Waals surface area contributed by atoms with Crippen molar-refractivity contribution in [3.8, 4) is 0 Å². The van der Waals surface area contributed by atoms with Crippen LogP contribution >= 0.6 is 23.2 Å². The van der Waals surface area contributed by atoms with Crippen molar-refractivity contribution < 1.29 is 0 Å². The first-order chi connectivity index (χ1) is 5.68. The normalized spacial score (nSPS) is 10.3. The second-order valence-corrected chi connectivity index (χ2v) is 3.54. The summed E-state index contributed by atoms with van der Waals surface area (Å²) in [5, 5.41) is 2.97. The lowest BCUT2D eigenvalue weighted by atomic mass is 10.5. The van der Waals surface area contributed by atoms with Gasteiger partial charge in [0.1, 0.15) is 16.5 Å². The summed E-state index contributed by atoms with van der Waals surface area (Å²) in [6.45, 7) is 2.31. The molecule has 66 valence electrons. The average Bonchev–Trinajstić information content (AvgIpc) is 2.01. The Morgan fingerprint density at radius 1 is 1.58 bits per heavy atom. The topological polar surface area (TPSA) is 37.8 Å². The van der Waals surface area contributed by atoms with E-state index in [2.05, 4.69) is 15.3 Å². The van der Waals surface area contributed by atoms with Gasteiger partial charge in [0.15, 0.2) is 0 Å². The van der Waals surface area contributed by atoms with Gasteiger partial charge in [-0.05, 0) is 13.0 Å². The molecule has 1 heterocycles. The number of hydrogen-bond acceptors (Lipinski definition) is 3. The van der Waals surface area contributed by atoms with Gasteiger partial charge >= 0.3 is 0 Å². The molecule has 1 aromatic heterocycles. The fourth-order valence-corrected chi connectivity index (χ4v) is 0.891. The highest BCUT2D eigenvalue weighted by Crippen LogP contribution is 2.05. The molecule has 0 aliphatic carbocycles. The summed E-state index contributed by atoms with van der Waals surface area (Å²) >= 11 is 11.1. The standard InChI is InChI=1S/C7H9Cl2N3/c1-5-10-3-2-7(12-5)11-4-6(8)9/h2-3,6H,4H2,1H3,(H,10,11,12). The Hall–Kier alpha value is -0.540. The lowest BCUT2D eigenvalue weighted by Gasteiger charge is -2.04. The minimum atomic E-state index is -0.416. The number of aryl methyl sites for hydroxylation is 1. The van der Waals surface area contributed by atoms with Crippen LogP contribution in [0.25, 0.3) is 0 Å². The minimum absolute atomic E-state index is 0.416. The third-order valence-corrected chi connectivity index (χ3v) is 1.52. The molecule has 0 bridgehead atoms. The molecule has 0 radical (unpaired) electrons. The number of rotatable bonds is 3. The minimum Gasteiger partial charge on any atom is -0.367 e. The SMILES string of the molecule is Cc1nccc(NCC(Cl)Cl)n1. The number of hydrogen-bond donors (Lipinski definition) is 1. The molecule has 5 heteroatoms. The van der Waals surface area contributed by atoms with Gasteiger partial charge in [-0.1, -0.05) is 0 Å². The first kappa shape index (κ1) is 9.55. The number of anilines is 1. The van der Waals surface area contributed by atoms with Crippen LogP contribution in [0.1, 0.15) is 5.82 Å². The molecule has 1 N–H and O–H groups in total. The van der Waals surface area contributed by atoms with E-state index in [4.69, 9.17) is 23.2 Å². The Morgan fingerprint density at radius 3 is 2.92 bits per heavy atom. The van der Waals surface area contributed by atoms with Crippen LogP contribution in [0.4, 0.5) is 5.82 Å². The number of nitrogens with zero attached hydrogens (tertiary/aromatic N) is 2. The molecule has 0 spiro atoms. The monoisotopic (exact) mass is 205 g/mol. The van der Waals surface area contributed by atoms with Crippen molar-refractivity contribution in [1.82, 2.24) is 9.97 Å². The number of aromatic nitrogens is 2. The van der Waals surface area contributed by atoms with Crippen LogP contribution in [0, 0.1) is 6.92 Å². The molecule has 1 rings (SSSR count). The summed E-state index contributed by atoms with van der Waals surface area (Å²) < 4.78 is 0. The Kier molecular flexibility index (Phi) is 3.56. The lowest BCUT2D eigenvalue weighted by molar-refractivity contribution is 1.03. The Labute approximate surface area is 81.1 Å². The Morgan fingerprint density at radius 2 is 2.33 bits per heavy atom. The smallest absolute Gasteiger partial charge is 0.129 e. The molecule has 0 atom stereocenters. The van der Waals surface area contributed by atoms with Crippen LogP contribution in [0.3, 0.4) is 0 Å². The first-order valence-corrected chi connectivity index (χ1v) is 4.37. The zero-order valence-electron chi connectivity index (χ0n) is 6.59. The predicted molar refractivity (Wildman–Crippen MR) is 50.8 cm³/mol. The number of halogens is 2. The second-order valence-electron chi connectivity index (χ2n) is 2.26. The highest BCUT2D eigenvalue weighted by atomic mass is 35.5. The van der Waals surface area contributed by atoms with Crippen molar-refractivity contribution in [1.29, 1.82) is 0 Å². The van der Waals surface area contributed by atoms with Gasteiger partial charge in [-0.3, -0.25) is 0 Å². The third-order valence-electron chi connectivity index (χ3n) is 1.21. The third kappa shape index (κ3) is 3.24. The summed E-state index contributed by atoms with van der Waals surface area (Å²) in [6.07, 6.45) is 1.68. The van der Waals surface area contributed by atoms with Gasteiger partial charge in [-0.15, -0.1) is 23.2 Å². The quantitative estimate of drug-likeness (QED) is 0.768. The summed E-state index contributed by atoms with van der Waals surface area (Å²) in [6, 6.07) is 1.77. The molecule has 0 amide bonds. The average molecular weight is 206 g/mol. The summed E-state index contributed by atoms with van der Waals surface area (Å²) in [7, 11) is 0. The first-order valence-electron chi connectivity index (χ1n) is 3.50. The molecule has 0 fully saturated rings. The van der Waals surface area contributed by atoms with Gasteiger partial charge in [0.25, 0.3) is 0 Å². The summed E-state index contributed by atoms with van der Waals surface area (Å²) in [5.74, 6) is 1.47. The fourth-order valence-electron chi connectivity index (χ4n) is 0.736. The van der Waals surface area contributed by atoms with E-state index in [0.29, 0.717) is 6.54 Å². The lowest BCUT2D eigenvalue weighted by Crippen LogP contribution is -2.10.